The molecule has 23 heavy (non-hydrogen) atoms. The van der Waals surface area contributed by atoms with E-state index in [-0.39, 0.29) is 12.2 Å². The zero-order chi connectivity index (χ0) is 17.0. The number of nitrogens with zero attached hydrogens (tertiary/aromatic N) is 2. The second-order valence-electron chi connectivity index (χ2n) is 6.86. The second-order valence-corrected chi connectivity index (χ2v) is 6.86. The molecule has 1 amide bonds. The molecule has 0 radical (unpaired) electrons. The number of carbonyl (C=O) groups is 1. The van der Waals surface area contributed by atoms with Gasteiger partial charge in [-0.05, 0) is 33.8 Å². The van der Waals surface area contributed by atoms with E-state index in [1.807, 2.05) is 26.8 Å². The zero-order valence-electron chi connectivity index (χ0n) is 14.3. The molecule has 6 nitrogen and oxygen atoms in total. The Kier molecular flexibility index (Phi) is 5.46. The number of rotatable bonds is 3. The molecule has 6 heteroatoms. The van der Waals surface area contributed by atoms with E-state index < -0.39 is 11.7 Å². The van der Waals surface area contributed by atoms with Gasteiger partial charge >= 0.3 is 6.09 Å². The van der Waals surface area contributed by atoms with Crippen LogP contribution in [-0.2, 0) is 4.74 Å². The molecule has 1 saturated heterocycles. The molecule has 0 saturated carbocycles. The summed E-state index contributed by atoms with van der Waals surface area (Å²) in [5, 5.41) is 9.57. The van der Waals surface area contributed by atoms with Crippen LogP contribution >= 0.6 is 0 Å². The molecule has 0 aliphatic carbocycles. The Labute approximate surface area is 137 Å². The van der Waals surface area contributed by atoms with Crippen LogP contribution in [0.3, 0.4) is 0 Å². The van der Waals surface area contributed by atoms with Crippen molar-refractivity contribution < 1.29 is 19.4 Å². The lowest BCUT2D eigenvalue weighted by molar-refractivity contribution is 0.0122. The molecule has 1 aromatic heterocycles. The second kappa shape index (κ2) is 7.17. The molecule has 1 aliphatic rings. The third kappa shape index (κ3) is 5.39. The van der Waals surface area contributed by atoms with Gasteiger partial charge in [-0.2, -0.15) is 0 Å². The summed E-state index contributed by atoms with van der Waals surface area (Å²) in [4.78, 5) is 18.0. The van der Waals surface area contributed by atoms with Crippen LogP contribution in [0.25, 0.3) is 0 Å². The smallest absolute Gasteiger partial charge is 0.410 e. The molecule has 1 N–H and O–H groups in total. The molecule has 1 fully saturated rings. The molecule has 0 spiro atoms. The van der Waals surface area contributed by atoms with Gasteiger partial charge < -0.3 is 19.5 Å². The van der Waals surface area contributed by atoms with Gasteiger partial charge in [0.15, 0.2) is 0 Å². The van der Waals surface area contributed by atoms with Crippen molar-refractivity contribution in [1.82, 2.24) is 9.88 Å². The van der Waals surface area contributed by atoms with E-state index in [1.165, 1.54) is 0 Å². The van der Waals surface area contributed by atoms with Crippen LogP contribution in [0, 0.1) is 0 Å². The maximum atomic E-state index is 12.0. The van der Waals surface area contributed by atoms with Crippen LogP contribution in [-0.4, -0.2) is 45.9 Å². The summed E-state index contributed by atoms with van der Waals surface area (Å²) in [6, 6.07) is 5.37. The number of amides is 1. The number of hydrogen-bond acceptors (Lipinski definition) is 5. The van der Waals surface area contributed by atoms with Crippen LogP contribution in [0.15, 0.2) is 18.2 Å². The van der Waals surface area contributed by atoms with E-state index in [1.54, 1.807) is 24.0 Å². The minimum atomic E-state index is -0.618. The van der Waals surface area contributed by atoms with Crippen molar-refractivity contribution in [2.24, 2.45) is 0 Å². The molecule has 0 aromatic carbocycles. The first kappa shape index (κ1) is 17.5. The molecule has 0 bridgehead atoms. The predicted molar refractivity (Wildman–Crippen MR) is 86.3 cm³/mol. The zero-order valence-corrected chi connectivity index (χ0v) is 14.3. The van der Waals surface area contributed by atoms with Crippen LogP contribution in [0.1, 0.15) is 52.3 Å². The molecule has 128 valence electrons. The van der Waals surface area contributed by atoms with Crippen molar-refractivity contribution >= 4 is 6.09 Å². The lowest BCUT2D eigenvalue weighted by Crippen LogP contribution is -2.44. The van der Waals surface area contributed by atoms with Gasteiger partial charge in [0, 0.05) is 32.0 Å². The normalized spacial score (nSPS) is 17.7. The predicted octanol–water partition coefficient (Wildman–Crippen LogP) is 2.91. The quantitative estimate of drug-likeness (QED) is 0.926. The molecular weight excluding hydrogens is 296 g/mol. The van der Waals surface area contributed by atoms with Crippen molar-refractivity contribution in [3.63, 3.8) is 0 Å². The number of aliphatic hydroxyl groups is 1. The van der Waals surface area contributed by atoms with Crippen LogP contribution < -0.4 is 4.74 Å². The largest absolute Gasteiger partial charge is 0.474 e. The van der Waals surface area contributed by atoms with Crippen molar-refractivity contribution in [3.8, 4) is 5.88 Å². The first-order chi connectivity index (χ1) is 10.7. The molecule has 2 rings (SSSR count). The van der Waals surface area contributed by atoms with E-state index in [4.69, 9.17) is 9.47 Å². The summed E-state index contributed by atoms with van der Waals surface area (Å²) in [5.41, 5.74) is 0.115. The number of pyridine rings is 1. The molecular formula is C17H26N2O4. The number of likely N-dealkylation sites (tertiary alicyclic amines) is 1. The van der Waals surface area contributed by atoms with E-state index >= 15 is 0 Å². The average molecular weight is 322 g/mol. The Hall–Kier alpha value is -1.82. The lowest BCUT2D eigenvalue weighted by Gasteiger charge is -2.33. The first-order valence-corrected chi connectivity index (χ1v) is 8.04. The number of carbonyl (C=O) groups excluding carboxylic acids is 1. The van der Waals surface area contributed by atoms with Gasteiger partial charge in [0.25, 0.3) is 0 Å². The SMILES string of the molecule is C[C@H](O)c1cccc(OC2CCN(C(=O)OC(C)(C)C)CC2)n1. The van der Waals surface area contributed by atoms with Gasteiger partial charge in [-0.15, -0.1) is 0 Å². The highest BCUT2D eigenvalue weighted by atomic mass is 16.6. The third-order valence-corrected chi connectivity index (χ3v) is 3.55. The van der Waals surface area contributed by atoms with E-state index in [0.717, 1.165) is 12.8 Å². The molecule has 1 aliphatic heterocycles. The molecule has 1 aromatic rings. The number of hydrogen-bond donors (Lipinski definition) is 1. The van der Waals surface area contributed by atoms with Crippen LogP contribution in [0.4, 0.5) is 4.79 Å². The summed E-state index contributed by atoms with van der Waals surface area (Å²) in [5.74, 6) is 0.513. The summed E-state index contributed by atoms with van der Waals surface area (Å²) in [6.45, 7) is 8.47. The van der Waals surface area contributed by atoms with Crippen molar-refractivity contribution in [1.29, 1.82) is 0 Å². The van der Waals surface area contributed by atoms with Crippen molar-refractivity contribution in [3.05, 3.63) is 23.9 Å². The van der Waals surface area contributed by atoms with Crippen molar-refractivity contribution in [2.75, 3.05) is 13.1 Å². The first-order valence-electron chi connectivity index (χ1n) is 8.04. The Morgan fingerprint density at radius 2 is 2.00 bits per heavy atom. The molecule has 2 heterocycles. The number of aliphatic hydroxyl groups excluding tert-OH is 1. The lowest BCUT2D eigenvalue weighted by atomic mass is 10.1. The van der Waals surface area contributed by atoms with Crippen LogP contribution in [0.5, 0.6) is 5.88 Å². The van der Waals surface area contributed by atoms with Gasteiger partial charge in [-0.25, -0.2) is 9.78 Å². The Morgan fingerprint density at radius 1 is 1.35 bits per heavy atom. The fraction of sp³-hybridized carbons (Fsp3) is 0.647. The average Bonchev–Trinajstić information content (AvgIpc) is 2.46. The highest BCUT2D eigenvalue weighted by molar-refractivity contribution is 5.68. The maximum Gasteiger partial charge on any atom is 0.410 e. The Morgan fingerprint density at radius 3 is 2.57 bits per heavy atom. The number of piperidine rings is 1. The highest BCUT2D eigenvalue weighted by Gasteiger charge is 2.27. The summed E-state index contributed by atoms with van der Waals surface area (Å²) in [6.07, 6.45) is 0.600. The Balaban J connectivity index is 1.85. The molecule has 0 unspecified atom stereocenters. The summed E-state index contributed by atoms with van der Waals surface area (Å²) >= 11 is 0. The van der Waals surface area contributed by atoms with E-state index in [2.05, 4.69) is 4.98 Å². The van der Waals surface area contributed by atoms with Gasteiger partial charge in [-0.3, -0.25) is 0 Å². The maximum absolute atomic E-state index is 12.0. The number of ether oxygens (including phenoxy) is 2. The fourth-order valence-electron chi connectivity index (χ4n) is 2.38. The van der Waals surface area contributed by atoms with Gasteiger partial charge in [0.1, 0.15) is 11.7 Å². The van der Waals surface area contributed by atoms with Crippen LogP contribution in [0.2, 0.25) is 0 Å². The third-order valence-electron chi connectivity index (χ3n) is 3.55. The van der Waals surface area contributed by atoms with Crippen molar-refractivity contribution in [2.45, 2.75) is 58.3 Å². The monoisotopic (exact) mass is 322 g/mol. The summed E-state index contributed by atoms with van der Waals surface area (Å²) < 4.78 is 11.3. The topological polar surface area (TPSA) is 71.9 Å². The Bertz CT molecular complexity index is 532. The van der Waals surface area contributed by atoms with E-state index in [0.29, 0.717) is 24.7 Å². The molecule has 1 atom stereocenters. The van der Waals surface area contributed by atoms with E-state index in [9.17, 15) is 9.90 Å². The fourth-order valence-corrected chi connectivity index (χ4v) is 2.38. The minimum Gasteiger partial charge on any atom is -0.474 e. The summed E-state index contributed by atoms with van der Waals surface area (Å²) in [7, 11) is 0. The van der Waals surface area contributed by atoms with Gasteiger partial charge in [0.2, 0.25) is 5.88 Å². The van der Waals surface area contributed by atoms with Gasteiger partial charge in [0.05, 0.1) is 11.8 Å². The standard InChI is InChI=1S/C17H26N2O4/c1-12(20)14-6-5-7-15(18-14)22-13-8-10-19(11-9-13)16(21)23-17(2,3)4/h5-7,12-13,20H,8-11H2,1-4H3/t12-/m0/s1. The minimum absolute atomic E-state index is 0.0189. The van der Waals surface area contributed by atoms with Gasteiger partial charge in [-0.1, -0.05) is 6.07 Å². The number of aromatic nitrogens is 1. The highest BCUT2D eigenvalue weighted by Crippen LogP contribution is 2.20.